The third-order valence-corrected chi connectivity index (χ3v) is 12.2. The maximum absolute atomic E-state index is 13.4. The zero-order valence-corrected chi connectivity index (χ0v) is 31.1. The van der Waals surface area contributed by atoms with Crippen LogP contribution in [0.3, 0.4) is 0 Å². The van der Waals surface area contributed by atoms with Crippen LogP contribution in [0.25, 0.3) is 28.2 Å². The molecule has 2 aromatic heterocycles. The van der Waals surface area contributed by atoms with Gasteiger partial charge in [0.15, 0.2) is 5.15 Å². The number of amides is 1. The molecule has 254 valence electrons. The van der Waals surface area contributed by atoms with Gasteiger partial charge < -0.3 is 9.30 Å². The Balaban J connectivity index is 1.27. The van der Waals surface area contributed by atoms with Gasteiger partial charge >= 0.3 is 10.2 Å². The van der Waals surface area contributed by atoms with E-state index in [2.05, 4.69) is 29.8 Å². The smallest absolute Gasteiger partial charge is 0.331 e. The molecular weight excluding hydrogens is 723 g/mol. The molecule has 0 aliphatic carbocycles. The third kappa shape index (κ3) is 8.01. The van der Waals surface area contributed by atoms with Gasteiger partial charge in [-0.3, -0.25) is 4.79 Å². The Morgan fingerprint density at radius 1 is 0.857 bits per heavy atom. The van der Waals surface area contributed by atoms with Gasteiger partial charge in [-0.15, -0.1) is 10.2 Å². The molecule has 3 heterocycles. The summed E-state index contributed by atoms with van der Waals surface area (Å²) in [5.74, 6) is 0.186. The molecule has 0 bridgehead atoms. The van der Waals surface area contributed by atoms with E-state index in [-0.39, 0.29) is 13.3 Å². The predicted octanol–water partition coefficient (Wildman–Crippen LogP) is 7.75. The molecule has 10 nitrogen and oxygen atoms in total. The Bertz CT molecular complexity index is 2090. The average Bonchev–Trinajstić information content (AvgIpc) is 3.56. The molecule has 49 heavy (non-hydrogen) atoms. The summed E-state index contributed by atoms with van der Waals surface area (Å²) in [6, 6.07) is 24.5. The van der Waals surface area contributed by atoms with Crippen LogP contribution in [-0.2, 0) is 26.2 Å². The quantitative estimate of drug-likeness (QED) is 0.100. The zero-order valence-electron chi connectivity index (χ0n) is 27.0. The minimum atomic E-state index is -4.09. The van der Waals surface area contributed by atoms with E-state index in [1.54, 1.807) is 42.5 Å². The molecule has 1 amide bonds. The molecule has 0 unspecified atom stereocenters. The number of rotatable bonds is 11. The van der Waals surface area contributed by atoms with Gasteiger partial charge in [0.05, 0.1) is 22.1 Å². The van der Waals surface area contributed by atoms with E-state index in [0.717, 1.165) is 37.3 Å². The molecule has 3 aromatic carbocycles. The maximum atomic E-state index is 13.4. The molecular formula is C34H33Cl3N6O4SSi. The molecule has 0 saturated carbocycles. The van der Waals surface area contributed by atoms with Crippen molar-refractivity contribution in [1.82, 2.24) is 24.1 Å². The lowest BCUT2D eigenvalue weighted by atomic mass is 10.1. The molecule has 0 atom stereocenters. The van der Waals surface area contributed by atoms with Gasteiger partial charge in [-0.1, -0.05) is 78.7 Å². The van der Waals surface area contributed by atoms with Gasteiger partial charge in [0.1, 0.15) is 19.1 Å². The highest BCUT2D eigenvalue weighted by Crippen LogP contribution is 2.33. The first-order valence-electron chi connectivity index (χ1n) is 15.4. The van der Waals surface area contributed by atoms with Crippen molar-refractivity contribution < 1.29 is 17.9 Å². The molecule has 1 saturated heterocycles. The number of hydrogen-bond acceptors (Lipinski definition) is 7. The molecule has 1 fully saturated rings. The topological polar surface area (TPSA) is 111 Å². The second-order valence-electron chi connectivity index (χ2n) is 12.8. The molecule has 0 N–H and O–H groups in total. The summed E-state index contributed by atoms with van der Waals surface area (Å²) >= 11 is 18.6. The molecule has 0 radical (unpaired) electrons. The lowest BCUT2D eigenvalue weighted by Gasteiger charge is -2.21. The first-order chi connectivity index (χ1) is 23.3. The molecule has 0 spiro atoms. The van der Waals surface area contributed by atoms with Gasteiger partial charge in [-0.05, 0) is 66.2 Å². The largest absolute Gasteiger partial charge is 0.360 e. The van der Waals surface area contributed by atoms with Crippen molar-refractivity contribution in [3.63, 3.8) is 0 Å². The van der Waals surface area contributed by atoms with Crippen LogP contribution >= 0.6 is 34.8 Å². The van der Waals surface area contributed by atoms with Crippen molar-refractivity contribution in [1.29, 1.82) is 0 Å². The van der Waals surface area contributed by atoms with Crippen molar-refractivity contribution in [3.05, 3.63) is 112 Å². The molecule has 5 aromatic rings. The second kappa shape index (κ2) is 14.2. The first kappa shape index (κ1) is 35.1. The lowest BCUT2D eigenvalue weighted by Crippen LogP contribution is -2.36. The highest BCUT2D eigenvalue weighted by molar-refractivity contribution is 7.91. The van der Waals surface area contributed by atoms with E-state index in [0.29, 0.717) is 50.9 Å². The SMILES string of the molecule is C[Si](C)(C)CCOCN1C(=O)CN(c2ccc(-n3cc(-c4ccc(Cl)cc4Cl)nc3Cc3ccc(-c4ccc(Cl)nn4)cc3)cc2)S1(=O)=O. The number of hydrogen-bond donors (Lipinski definition) is 0. The van der Waals surface area contributed by atoms with Crippen molar-refractivity contribution in [2.24, 2.45) is 0 Å². The van der Waals surface area contributed by atoms with Gasteiger partial charge in [0.25, 0.3) is 5.91 Å². The number of halogens is 3. The Morgan fingerprint density at radius 2 is 1.57 bits per heavy atom. The fourth-order valence-corrected chi connectivity index (χ4v) is 8.02. The van der Waals surface area contributed by atoms with Gasteiger partial charge in [0.2, 0.25) is 0 Å². The summed E-state index contributed by atoms with van der Waals surface area (Å²) in [6.45, 7) is 6.42. The summed E-state index contributed by atoms with van der Waals surface area (Å²) in [6.07, 6.45) is 2.36. The Kier molecular flexibility index (Phi) is 10.2. The van der Waals surface area contributed by atoms with Crippen molar-refractivity contribution in [3.8, 4) is 28.2 Å². The van der Waals surface area contributed by atoms with Crippen LogP contribution in [-0.4, -0.2) is 66.3 Å². The monoisotopic (exact) mass is 754 g/mol. The van der Waals surface area contributed by atoms with Crippen LogP contribution in [0.2, 0.25) is 40.9 Å². The number of benzene rings is 3. The summed E-state index contributed by atoms with van der Waals surface area (Å²) in [7, 11) is -5.46. The van der Waals surface area contributed by atoms with E-state index in [4.69, 9.17) is 44.5 Å². The van der Waals surface area contributed by atoms with Crippen LogP contribution in [0, 0.1) is 0 Å². The number of anilines is 1. The number of nitrogens with zero attached hydrogens (tertiary/aromatic N) is 6. The Hall–Kier alpha value is -3.78. The van der Waals surface area contributed by atoms with Crippen LogP contribution in [0.15, 0.2) is 85.1 Å². The second-order valence-corrected chi connectivity index (χ2v) is 21.4. The van der Waals surface area contributed by atoms with Crippen LogP contribution in [0.1, 0.15) is 11.4 Å². The number of carbonyl (C=O) groups excluding carboxylic acids is 1. The minimum absolute atomic E-state index is 0.299. The van der Waals surface area contributed by atoms with Gasteiger partial charge in [-0.25, -0.2) is 9.29 Å². The molecule has 1 aliphatic heterocycles. The Labute approximate surface area is 301 Å². The summed E-state index contributed by atoms with van der Waals surface area (Å²) < 4.78 is 36.2. The zero-order chi connectivity index (χ0) is 34.9. The van der Waals surface area contributed by atoms with Crippen molar-refractivity contribution in [2.75, 3.05) is 24.2 Å². The Morgan fingerprint density at radius 3 is 2.22 bits per heavy atom. The normalized spacial score (nSPS) is 14.5. The van der Waals surface area contributed by atoms with Gasteiger partial charge in [-0.2, -0.15) is 12.7 Å². The fraction of sp³-hybridized carbons (Fsp3) is 0.235. The lowest BCUT2D eigenvalue weighted by molar-refractivity contribution is -0.127. The van der Waals surface area contributed by atoms with E-state index < -0.39 is 24.2 Å². The standard InChI is InChI=1S/C34H33Cl3N6O4SSi/c1-49(2,3)17-16-47-22-43-34(44)21-42(48(43,45)46)27-11-9-26(10-12-27)41-20-31(28-13-8-25(35)19-29(28)36)38-33(41)18-23-4-6-24(7-5-23)30-14-15-32(37)40-39-30/h4-15,19-20H,16-18,21-22H2,1-3H3. The van der Waals surface area contributed by atoms with Crippen molar-refractivity contribution >= 4 is 64.7 Å². The number of aromatic nitrogens is 4. The van der Waals surface area contributed by atoms with Crippen LogP contribution in [0.4, 0.5) is 5.69 Å². The highest BCUT2D eigenvalue weighted by Gasteiger charge is 2.42. The first-order valence-corrected chi connectivity index (χ1v) is 21.7. The molecule has 6 rings (SSSR count). The third-order valence-electron chi connectivity index (χ3n) is 7.96. The summed E-state index contributed by atoms with van der Waals surface area (Å²) in [5.41, 5.74) is 5.07. The van der Waals surface area contributed by atoms with Crippen LogP contribution < -0.4 is 4.31 Å². The van der Waals surface area contributed by atoms with E-state index in [1.165, 1.54) is 0 Å². The van der Waals surface area contributed by atoms with Crippen LogP contribution in [0.5, 0.6) is 0 Å². The maximum Gasteiger partial charge on any atom is 0.331 e. The van der Waals surface area contributed by atoms with Crippen molar-refractivity contribution in [2.45, 2.75) is 32.1 Å². The average molecular weight is 756 g/mol. The predicted molar refractivity (Wildman–Crippen MR) is 196 cm³/mol. The van der Waals surface area contributed by atoms with E-state index >= 15 is 0 Å². The summed E-state index contributed by atoms with van der Waals surface area (Å²) in [5, 5.41) is 9.39. The number of carbonyl (C=O) groups is 1. The van der Waals surface area contributed by atoms with E-state index in [1.807, 2.05) is 47.2 Å². The minimum Gasteiger partial charge on any atom is -0.360 e. The highest BCUT2D eigenvalue weighted by atomic mass is 35.5. The number of imidazole rings is 1. The van der Waals surface area contributed by atoms with Gasteiger partial charge in [0, 0.05) is 49.1 Å². The molecule has 1 aliphatic rings. The fourth-order valence-electron chi connectivity index (χ4n) is 5.24. The summed E-state index contributed by atoms with van der Waals surface area (Å²) in [4.78, 5) is 17.7. The molecule has 15 heteroatoms. The number of ether oxygens (including phenoxy) is 1. The van der Waals surface area contributed by atoms with E-state index in [9.17, 15) is 13.2 Å².